The number of anilines is 1. The van der Waals surface area contributed by atoms with E-state index >= 15 is 0 Å². The van der Waals surface area contributed by atoms with Crippen LogP contribution in [0.5, 0.6) is 5.75 Å². The highest BCUT2D eigenvalue weighted by atomic mass is 79.9. The van der Waals surface area contributed by atoms with Gasteiger partial charge in [0.25, 0.3) is 11.5 Å². The maximum Gasteiger partial charge on any atom is 0.282 e. The van der Waals surface area contributed by atoms with Crippen molar-refractivity contribution in [2.45, 2.75) is 6.92 Å². The van der Waals surface area contributed by atoms with Gasteiger partial charge in [-0.2, -0.15) is 9.78 Å². The Labute approximate surface area is 237 Å². The van der Waals surface area contributed by atoms with Crippen LogP contribution >= 0.6 is 27.5 Å². The first kappa shape index (κ1) is 26.3. The molecule has 0 spiro atoms. The number of hydrogen-bond donors (Lipinski definition) is 1. The molecule has 4 aromatic carbocycles. The number of carbonyl (C=O) groups is 1. The maximum absolute atomic E-state index is 13.3. The van der Waals surface area contributed by atoms with Gasteiger partial charge >= 0.3 is 0 Å². The highest BCUT2D eigenvalue weighted by molar-refractivity contribution is 9.10. The first-order chi connectivity index (χ1) is 18.9. The molecule has 0 saturated carbocycles. The summed E-state index contributed by atoms with van der Waals surface area (Å²) in [4.78, 5) is 30.5. The molecule has 194 valence electrons. The van der Waals surface area contributed by atoms with E-state index in [9.17, 15) is 9.59 Å². The first-order valence-electron chi connectivity index (χ1n) is 12.0. The van der Waals surface area contributed by atoms with Crippen LogP contribution in [0.1, 0.15) is 11.1 Å². The predicted molar refractivity (Wildman–Crippen MR) is 159 cm³/mol. The van der Waals surface area contributed by atoms with Crippen LogP contribution in [-0.2, 0) is 4.79 Å². The van der Waals surface area contributed by atoms with Crippen LogP contribution in [0.3, 0.4) is 0 Å². The van der Waals surface area contributed by atoms with Gasteiger partial charge in [0.2, 0.25) is 0 Å². The average molecular weight is 602 g/mol. The Bertz CT molecular complexity index is 1750. The van der Waals surface area contributed by atoms with E-state index in [1.54, 1.807) is 30.3 Å². The summed E-state index contributed by atoms with van der Waals surface area (Å²) in [5.74, 6) is 0.429. The van der Waals surface area contributed by atoms with Crippen molar-refractivity contribution in [1.29, 1.82) is 0 Å². The van der Waals surface area contributed by atoms with Gasteiger partial charge in [0.1, 0.15) is 0 Å². The predicted octanol–water partition coefficient (Wildman–Crippen LogP) is 6.69. The van der Waals surface area contributed by atoms with Crippen LogP contribution in [0.2, 0.25) is 5.02 Å². The van der Waals surface area contributed by atoms with Crippen LogP contribution in [0.25, 0.3) is 22.3 Å². The number of para-hydroxylation sites is 2. The number of hydrogen-bond acceptors (Lipinski definition) is 5. The molecule has 9 heteroatoms. The van der Waals surface area contributed by atoms with Crippen LogP contribution in [0.4, 0.5) is 5.69 Å². The van der Waals surface area contributed by atoms with Crippen molar-refractivity contribution in [2.24, 2.45) is 5.10 Å². The quantitative estimate of drug-likeness (QED) is 0.211. The molecule has 0 atom stereocenters. The molecule has 0 aliphatic carbocycles. The second-order valence-corrected chi connectivity index (χ2v) is 9.91. The zero-order valence-electron chi connectivity index (χ0n) is 20.8. The standard InChI is InChI=1S/C30H22BrClN4O3/c1-19-9-5-7-13-25(19)34-27(37)18-39-28-23(31)15-20(16-24(28)32)17-33-36-29(21-10-3-2-4-11-21)35-26-14-8-6-12-22(26)30(36)38/h2-17H,18H2,1H3,(H,34,37). The Hall–Kier alpha value is -4.27. The number of benzene rings is 4. The lowest BCUT2D eigenvalue weighted by Gasteiger charge is -2.12. The SMILES string of the molecule is Cc1ccccc1NC(=O)COc1c(Cl)cc(C=Nn2c(-c3ccccc3)nc3ccccc3c2=O)cc1Br. The van der Waals surface area contributed by atoms with Crippen molar-refractivity contribution in [3.63, 3.8) is 0 Å². The summed E-state index contributed by atoms with van der Waals surface area (Å²) in [6.07, 6.45) is 1.52. The van der Waals surface area contributed by atoms with Gasteiger partial charge in [-0.25, -0.2) is 4.98 Å². The third-order valence-electron chi connectivity index (χ3n) is 5.90. The lowest BCUT2D eigenvalue weighted by molar-refractivity contribution is -0.118. The smallest absolute Gasteiger partial charge is 0.282 e. The monoisotopic (exact) mass is 600 g/mol. The van der Waals surface area contributed by atoms with Crippen LogP contribution < -0.4 is 15.6 Å². The number of fused-ring (bicyclic) bond motifs is 1. The first-order valence-corrected chi connectivity index (χ1v) is 13.2. The molecular formula is C30H22BrClN4O3. The second kappa shape index (κ2) is 11.6. The summed E-state index contributed by atoms with van der Waals surface area (Å²) in [5, 5.41) is 8.04. The lowest BCUT2D eigenvalue weighted by Crippen LogP contribution is -2.21. The molecule has 0 aliphatic rings. The molecule has 1 amide bonds. The molecule has 0 fully saturated rings. The fourth-order valence-electron chi connectivity index (χ4n) is 3.96. The zero-order chi connectivity index (χ0) is 27.4. The van der Waals surface area contributed by atoms with Crippen molar-refractivity contribution in [3.8, 4) is 17.1 Å². The van der Waals surface area contributed by atoms with Gasteiger partial charge in [-0.15, -0.1) is 0 Å². The molecular weight excluding hydrogens is 580 g/mol. The number of aromatic nitrogens is 2. The van der Waals surface area contributed by atoms with Gasteiger partial charge in [-0.05, 0) is 64.3 Å². The van der Waals surface area contributed by atoms with Crippen molar-refractivity contribution in [1.82, 2.24) is 9.66 Å². The summed E-state index contributed by atoms with van der Waals surface area (Å²) >= 11 is 9.96. The van der Waals surface area contributed by atoms with E-state index in [4.69, 9.17) is 21.3 Å². The topological polar surface area (TPSA) is 85.6 Å². The van der Waals surface area contributed by atoms with E-state index in [0.29, 0.717) is 32.5 Å². The number of amides is 1. The molecule has 1 heterocycles. The van der Waals surface area contributed by atoms with Gasteiger partial charge in [-0.3, -0.25) is 9.59 Å². The lowest BCUT2D eigenvalue weighted by atomic mass is 10.2. The Morgan fingerprint density at radius 2 is 1.77 bits per heavy atom. The fourth-order valence-corrected chi connectivity index (χ4v) is 4.95. The average Bonchev–Trinajstić information content (AvgIpc) is 2.94. The van der Waals surface area contributed by atoms with Crippen molar-refractivity contribution in [2.75, 3.05) is 11.9 Å². The van der Waals surface area contributed by atoms with Gasteiger partial charge in [0, 0.05) is 11.3 Å². The molecule has 5 aromatic rings. The number of rotatable bonds is 7. The minimum atomic E-state index is -0.311. The largest absolute Gasteiger partial charge is 0.481 e. The van der Waals surface area contributed by atoms with E-state index in [1.807, 2.05) is 67.6 Å². The molecule has 1 N–H and O–H groups in total. The van der Waals surface area contributed by atoms with E-state index < -0.39 is 0 Å². The summed E-state index contributed by atoms with van der Waals surface area (Å²) < 4.78 is 7.52. The van der Waals surface area contributed by atoms with Gasteiger partial charge < -0.3 is 10.1 Å². The number of halogens is 2. The summed E-state index contributed by atoms with van der Waals surface area (Å²) in [5.41, 5.74) is 3.33. The Morgan fingerprint density at radius 3 is 2.54 bits per heavy atom. The third kappa shape index (κ3) is 5.92. The summed E-state index contributed by atoms with van der Waals surface area (Å²) in [7, 11) is 0. The molecule has 1 aromatic heterocycles. The second-order valence-electron chi connectivity index (χ2n) is 8.65. The third-order valence-corrected chi connectivity index (χ3v) is 6.77. The minimum absolute atomic E-state index is 0.224. The highest BCUT2D eigenvalue weighted by Gasteiger charge is 2.14. The van der Waals surface area contributed by atoms with Crippen molar-refractivity contribution in [3.05, 3.63) is 122 Å². The number of aryl methyl sites for hydroxylation is 1. The maximum atomic E-state index is 13.3. The van der Waals surface area contributed by atoms with Crippen molar-refractivity contribution < 1.29 is 9.53 Å². The van der Waals surface area contributed by atoms with Crippen LogP contribution in [-0.4, -0.2) is 28.4 Å². The van der Waals surface area contributed by atoms with Crippen molar-refractivity contribution >= 4 is 56.2 Å². The molecule has 0 radical (unpaired) electrons. The molecule has 0 aliphatic heterocycles. The number of nitrogens with zero attached hydrogens (tertiary/aromatic N) is 3. The highest BCUT2D eigenvalue weighted by Crippen LogP contribution is 2.34. The number of nitrogens with one attached hydrogen (secondary N) is 1. The summed E-state index contributed by atoms with van der Waals surface area (Å²) in [6.45, 7) is 1.69. The van der Waals surface area contributed by atoms with Gasteiger partial charge in [0.15, 0.2) is 18.2 Å². The Kier molecular flexibility index (Phi) is 7.86. The van der Waals surface area contributed by atoms with Gasteiger partial charge in [-0.1, -0.05) is 72.3 Å². The van der Waals surface area contributed by atoms with Gasteiger partial charge in [0.05, 0.1) is 26.6 Å². The van der Waals surface area contributed by atoms with E-state index in [-0.39, 0.29) is 23.1 Å². The molecule has 0 saturated heterocycles. The van der Waals surface area contributed by atoms with E-state index in [1.165, 1.54) is 10.9 Å². The number of carbonyl (C=O) groups excluding carboxylic acids is 1. The number of ether oxygens (including phenoxy) is 1. The normalized spacial score (nSPS) is 11.2. The summed E-state index contributed by atoms with van der Waals surface area (Å²) in [6, 6.07) is 27.4. The zero-order valence-corrected chi connectivity index (χ0v) is 23.1. The molecule has 0 bridgehead atoms. The van der Waals surface area contributed by atoms with E-state index in [2.05, 4.69) is 26.3 Å². The Balaban J connectivity index is 1.40. The Morgan fingerprint density at radius 1 is 1.05 bits per heavy atom. The fraction of sp³-hybridized carbons (Fsp3) is 0.0667. The van der Waals surface area contributed by atoms with Crippen LogP contribution in [0.15, 0.2) is 105 Å². The molecule has 0 unspecified atom stereocenters. The van der Waals surface area contributed by atoms with Crippen LogP contribution in [0, 0.1) is 6.92 Å². The molecule has 7 nitrogen and oxygen atoms in total. The molecule has 39 heavy (non-hydrogen) atoms. The minimum Gasteiger partial charge on any atom is -0.481 e. The van der Waals surface area contributed by atoms with E-state index in [0.717, 1.165) is 16.8 Å². The molecule has 5 rings (SSSR count).